The molecule has 6 nitrogen and oxygen atoms in total. The van der Waals surface area contributed by atoms with Gasteiger partial charge in [-0.2, -0.15) is 18.3 Å². The molecule has 3 rings (SSSR count). The summed E-state index contributed by atoms with van der Waals surface area (Å²) < 4.78 is 66.3. The second-order valence-corrected chi connectivity index (χ2v) is 10.3. The van der Waals surface area contributed by atoms with Crippen LogP contribution in [0.4, 0.5) is 13.2 Å². The number of nitrogens with zero attached hydrogens (tertiary/aromatic N) is 2. The van der Waals surface area contributed by atoms with Gasteiger partial charge in [-0.15, -0.1) is 0 Å². The predicted octanol–water partition coefficient (Wildman–Crippen LogP) is 5.13. The van der Waals surface area contributed by atoms with Gasteiger partial charge in [0.1, 0.15) is 0 Å². The summed E-state index contributed by atoms with van der Waals surface area (Å²) in [7, 11) is -3.72. The van der Waals surface area contributed by atoms with Crippen LogP contribution in [0.2, 0.25) is 5.02 Å². The Balaban J connectivity index is 1.76. The lowest BCUT2D eigenvalue weighted by Gasteiger charge is -2.11. The van der Waals surface area contributed by atoms with Gasteiger partial charge >= 0.3 is 6.18 Å². The number of nitrogens with one attached hydrogen (secondary N) is 1. The first-order valence-corrected chi connectivity index (χ1v) is 12.7. The van der Waals surface area contributed by atoms with Crippen LogP contribution in [-0.4, -0.2) is 29.9 Å². The average molecular weight is 504 g/mol. The Kier molecular flexibility index (Phi) is 7.89. The van der Waals surface area contributed by atoms with Gasteiger partial charge in [0.25, 0.3) is 5.91 Å². The molecule has 0 aliphatic heterocycles. The largest absolute Gasteiger partial charge is 0.416 e. The van der Waals surface area contributed by atoms with Gasteiger partial charge in [0, 0.05) is 17.0 Å². The predicted molar refractivity (Wildman–Crippen MR) is 120 cm³/mol. The third kappa shape index (κ3) is 7.33. The number of aromatic nitrogens is 2. The average Bonchev–Trinajstić information content (AvgIpc) is 3.48. The van der Waals surface area contributed by atoms with E-state index in [0.717, 1.165) is 49.6 Å². The van der Waals surface area contributed by atoms with E-state index < -0.39 is 27.7 Å². The fraction of sp³-hybridized carbons (Fsp3) is 0.455. The molecular formula is C22H25ClF3N3O3S. The number of carbonyl (C=O) groups excluding carboxylic acids is 1. The van der Waals surface area contributed by atoms with E-state index in [0.29, 0.717) is 23.6 Å². The lowest BCUT2D eigenvalue weighted by atomic mass is 10.1. The van der Waals surface area contributed by atoms with Gasteiger partial charge in [0.15, 0.2) is 0 Å². The van der Waals surface area contributed by atoms with E-state index in [1.165, 1.54) is 12.1 Å². The van der Waals surface area contributed by atoms with Crippen molar-refractivity contribution in [3.05, 3.63) is 57.9 Å². The second kappa shape index (κ2) is 10.3. The molecule has 0 unspecified atom stereocenters. The summed E-state index contributed by atoms with van der Waals surface area (Å²) in [5, 5.41) is 4.47. The monoisotopic (exact) mass is 503 g/mol. The number of sulfonamides is 1. The lowest BCUT2D eigenvalue weighted by molar-refractivity contribution is -0.137. The van der Waals surface area contributed by atoms with Crippen LogP contribution >= 0.6 is 11.6 Å². The molecule has 180 valence electrons. The number of halogens is 4. The quantitative estimate of drug-likeness (QED) is 0.360. The van der Waals surface area contributed by atoms with Crippen molar-refractivity contribution in [1.82, 2.24) is 14.5 Å². The van der Waals surface area contributed by atoms with Crippen LogP contribution in [0.5, 0.6) is 0 Å². The zero-order valence-electron chi connectivity index (χ0n) is 18.0. The summed E-state index contributed by atoms with van der Waals surface area (Å²) in [6.07, 6.45) is 2.10. The van der Waals surface area contributed by atoms with Gasteiger partial charge in [-0.3, -0.25) is 9.48 Å². The van der Waals surface area contributed by atoms with E-state index in [2.05, 4.69) is 5.10 Å². The summed E-state index contributed by atoms with van der Waals surface area (Å²) in [6, 6.07) is 4.91. The highest BCUT2D eigenvalue weighted by atomic mass is 35.5. The number of unbranched alkanes of at least 4 members (excludes halogenated alkanes) is 2. The fourth-order valence-corrected chi connectivity index (χ4v) is 4.55. The van der Waals surface area contributed by atoms with Crippen LogP contribution in [0.25, 0.3) is 6.08 Å². The minimum atomic E-state index is -4.49. The third-order valence-electron chi connectivity index (χ3n) is 5.20. The molecule has 0 radical (unpaired) electrons. The zero-order valence-corrected chi connectivity index (χ0v) is 19.6. The molecule has 11 heteroatoms. The Labute approximate surface area is 195 Å². The number of hydrogen-bond acceptors (Lipinski definition) is 4. The second-order valence-electron chi connectivity index (χ2n) is 8.06. The molecule has 1 fully saturated rings. The van der Waals surface area contributed by atoms with Gasteiger partial charge in [0.05, 0.1) is 29.2 Å². The van der Waals surface area contributed by atoms with Gasteiger partial charge in [-0.05, 0) is 49.1 Å². The maximum atomic E-state index is 12.9. The smallest absolute Gasteiger partial charge is 0.269 e. The van der Waals surface area contributed by atoms with Gasteiger partial charge in [-0.1, -0.05) is 37.4 Å². The van der Waals surface area contributed by atoms with E-state index in [-0.39, 0.29) is 17.3 Å². The molecule has 0 atom stereocenters. The Morgan fingerprint density at radius 3 is 2.61 bits per heavy atom. The molecule has 1 amide bonds. The molecule has 0 bridgehead atoms. The molecule has 1 aliphatic rings. The van der Waals surface area contributed by atoms with E-state index in [1.807, 2.05) is 11.6 Å². The SMILES string of the molecule is CCCCCS(=O)(=O)NC(=O)/C=C/c1cc(C2CC2)nn1Cc1ccc(C(F)(F)F)cc1Cl. The lowest BCUT2D eigenvalue weighted by Crippen LogP contribution is -2.31. The number of amides is 1. The highest BCUT2D eigenvalue weighted by molar-refractivity contribution is 7.90. The molecule has 1 aromatic heterocycles. The highest BCUT2D eigenvalue weighted by Crippen LogP contribution is 2.40. The highest BCUT2D eigenvalue weighted by Gasteiger charge is 2.31. The van der Waals surface area contributed by atoms with Crippen molar-refractivity contribution in [3.63, 3.8) is 0 Å². The van der Waals surface area contributed by atoms with Crippen molar-refractivity contribution < 1.29 is 26.4 Å². The van der Waals surface area contributed by atoms with Gasteiger partial charge < -0.3 is 0 Å². The summed E-state index contributed by atoms with van der Waals surface area (Å²) in [6.45, 7) is 2.05. The van der Waals surface area contributed by atoms with Crippen LogP contribution < -0.4 is 4.72 Å². The Hall–Kier alpha value is -2.33. The number of alkyl halides is 3. The van der Waals surface area contributed by atoms with Gasteiger partial charge in [0.2, 0.25) is 10.0 Å². The number of carbonyl (C=O) groups is 1. The molecule has 1 heterocycles. The van der Waals surface area contributed by atoms with Crippen molar-refractivity contribution in [3.8, 4) is 0 Å². The molecule has 1 aromatic carbocycles. The van der Waals surface area contributed by atoms with Crippen molar-refractivity contribution in [1.29, 1.82) is 0 Å². The molecule has 0 spiro atoms. The minimum absolute atomic E-state index is 0.0425. The summed E-state index contributed by atoms with van der Waals surface area (Å²) in [5.41, 5.74) is 0.928. The number of hydrogen-bond donors (Lipinski definition) is 1. The van der Waals surface area contributed by atoms with Crippen LogP contribution in [0, 0.1) is 0 Å². The van der Waals surface area contributed by atoms with E-state index >= 15 is 0 Å². The maximum Gasteiger partial charge on any atom is 0.416 e. The Morgan fingerprint density at radius 1 is 1.27 bits per heavy atom. The molecule has 33 heavy (non-hydrogen) atoms. The van der Waals surface area contributed by atoms with Gasteiger partial charge in [-0.25, -0.2) is 13.1 Å². The van der Waals surface area contributed by atoms with E-state index in [1.54, 1.807) is 10.7 Å². The van der Waals surface area contributed by atoms with Crippen molar-refractivity contribution >= 4 is 33.6 Å². The molecule has 0 saturated heterocycles. The standard InChI is InChI=1S/C22H25ClF3N3O3S/c1-2-3-4-11-33(31,32)28-21(30)10-9-18-13-20(15-5-6-15)27-29(18)14-16-7-8-17(12-19(16)23)22(24,25)26/h7-10,12-13,15H,2-6,11,14H2,1H3,(H,28,30)/b10-9+. The van der Waals surface area contributed by atoms with E-state index in [4.69, 9.17) is 11.6 Å². The van der Waals surface area contributed by atoms with Crippen LogP contribution in [0.3, 0.4) is 0 Å². The maximum absolute atomic E-state index is 12.9. The first kappa shape index (κ1) is 25.3. The van der Waals surface area contributed by atoms with Crippen LogP contribution in [0.1, 0.15) is 67.5 Å². The minimum Gasteiger partial charge on any atom is -0.269 e. The molecule has 1 aliphatic carbocycles. The van der Waals surface area contributed by atoms with Crippen molar-refractivity contribution in [2.45, 2.75) is 57.7 Å². The third-order valence-corrected chi connectivity index (χ3v) is 6.89. The first-order chi connectivity index (χ1) is 15.5. The topological polar surface area (TPSA) is 81.1 Å². The first-order valence-electron chi connectivity index (χ1n) is 10.6. The molecular weight excluding hydrogens is 479 g/mol. The normalized spacial score (nSPS) is 14.7. The van der Waals surface area contributed by atoms with Crippen LogP contribution in [-0.2, 0) is 27.5 Å². The fourth-order valence-electron chi connectivity index (χ4n) is 3.25. The summed E-state index contributed by atoms with van der Waals surface area (Å²) in [5.74, 6) is -0.606. The van der Waals surface area contributed by atoms with E-state index in [9.17, 15) is 26.4 Å². The molecule has 1 saturated carbocycles. The number of benzene rings is 1. The molecule has 2 aromatic rings. The Morgan fingerprint density at radius 2 is 2.00 bits per heavy atom. The summed E-state index contributed by atoms with van der Waals surface area (Å²) >= 11 is 6.08. The van der Waals surface area contributed by atoms with Crippen molar-refractivity contribution in [2.75, 3.05) is 5.75 Å². The molecule has 1 N–H and O–H groups in total. The van der Waals surface area contributed by atoms with Crippen LogP contribution in [0.15, 0.2) is 30.3 Å². The van der Waals surface area contributed by atoms with Crippen molar-refractivity contribution in [2.24, 2.45) is 0 Å². The summed E-state index contributed by atoms with van der Waals surface area (Å²) in [4.78, 5) is 12.1. The zero-order chi connectivity index (χ0) is 24.2. The number of rotatable bonds is 10. The Bertz CT molecular complexity index is 1140.